The second kappa shape index (κ2) is 10.5. The molecule has 0 fully saturated rings. The first kappa shape index (κ1) is 28.0. The first-order valence-corrected chi connectivity index (χ1v) is 15.7. The average Bonchev–Trinajstić information content (AvgIpc) is 3.35. The lowest BCUT2D eigenvalue weighted by atomic mass is 9.75. The maximum Gasteiger partial charge on any atom is 0.174 e. The third-order valence-electron chi connectivity index (χ3n) is 9.78. The fourth-order valence-electron chi connectivity index (χ4n) is 7.51. The van der Waals surface area contributed by atoms with Gasteiger partial charge in [-0.05, 0) is 88.2 Å². The minimum absolute atomic E-state index is 0.323. The van der Waals surface area contributed by atoms with Gasteiger partial charge in [0.2, 0.25) is 0 Å². The molecule has 1 atom stereocenters. The molecule has 3 aliphatic rings. The van der Waals surface area contributed by atoms with Crippen LogP contribution in [0.1, 0.15) is 54.5 Å². The van der Waals surface area contributed by atoms with E-state index in [1.807, 2.05) is 48.5 Å². The van der Waals surface area contributed by atoms with Gasteiger partial charge in [-0.25, -0.2) is 0 Å². The van der Waals surface area contributed by atoms with Gasteiger partial charge in [0.15, 0.2) is 5.60 Å². The molecule has 0 radical (unpaired) electrons. The molecule has 0 amide bonds. The molecule has 4 nitrogen and oxygen atoms in total. The van der Waals surface area contributed by atoms with Gasteiger partial charge in [0.25, 0.3) is 0 Å². The predicted octanol–water partition coefficient (Wildman–Crippen LogP) is 10.4. The summed E-state index contributed by atoms with van der Waals surface area (Å²) in [5.41, 5.74) is 7.64. The van der Waals surface area contributed by atoms with Crippen molar-refractivity contribution in [3.05, 3.63) is 154 Å². The highest BCUT2D eigenvalue weighted by Crippen LogP contribution is 2.58. The first-order chi connectivity index (χ1) is 22.4. The van der Waals surface area contributed by atoms with Gasteiger partial charge in [-0.15, -0.1) is 0 Å². The second-order valence-electron chi connectivity index (χ2n) is 12.7. The number of benzene rings is 5. The quantitative estimate of drug-likeness (QED) is 0.202. The monoisotopic (exact) mass is 599 g/mol. The third-order valence-corrected chi connectivity index (χ3v) is 9.78. The molecule has 46 heavy (non-hydrogen) atoms. The van der Waals surface area contributed by atoms with Crippen molar-refractivity contribution in [2.24, 2.45) is 0 Å². The molecular weight excluding hydrogens is 566 g/mol. The van der Waals surface area contributed by atoms with E-state index in [2.05, 4.69) is 92.8 Å². The molecule has 224 valence electrons. The van der Waals surface area contributed by atoms with Crippen LogP contribution in [0.15, 0.2) is 127 Å². The molecule has 5 aromatic carbocycles. The summed E-state index contributed by atoms with van der Waals surface area (Å²) < 4.78 is 19.2. The van der Waals surface area contributed by atoms with Crippen molar-refractivity contribution in [2.45, 2.75) is 37.7 Å². The molecule has 5 aromatic rings. The molecular formula is C42H33NO3. The van der Waals surface area contributed by atoms with Crippen molar-refractivity contribution in [2.75, 3.05) is 7.11 Å². The SMILES string of the molecule is COC1=CC=C(C2(c3ccc(Oc4ccccc4)cc3)C=Cc3c4c(c5ccccc5c3O2)-c2ccc(C#N)cc2C4(C)C)CC1. The summed E-state index contributed by atoms with van der Waals surface area (Å²) in [7, 11) is 1.73. The Morgan fingerprint density at radius 2 is 1.54 bits per heavy atom. The number of rotatable bonds is 5. The van der Waals surface area contributed by atoms with Crippen LogP contribution in [0.5, 0.6) is 17.2 Å². The summed E-state index contributed by atoms with van der Waals surface area (Å²) in [5, 5.41) is 12.0. The Hall–Kier alpha value is -5.53. The van der Waals surface area contributed by atoms with E-state index in [-0.39, 0.29) is 5.41 Å². The van der Waals surface area contributed by atoms with E-state index in [9.17, 15) is 5.26 Å². The van der Waals surface area contributed by atoms with Crippen molar-refractivity contribution in [3.8, 4) is 34.4 Å². The van der Waals surface area contributed by atoms with Crippen LogP contribution in [-0.4, -0.2) is 7.11 Å². The van der Waals surface area contributed by atoms with Gasteiger partial charge in [-0.3, -0.25) is 0 Å². The van der Waals surface area contributed by atoms with Gasteiger partial charge in [0.1, 0.15) is 17.2 Å². The van der Waals surface area contributed by atoms with Gasteiger partial charge in [0, 0.05) is 28.3 Å². The zero-order valence-electron chi connectivity index (χ0n) is 26.1. The maximum atomic E-state index is 9.73. The third kappa shape index (κ3) is 4.19. The molecule has 0 saturated heterocycles. The summed E-state index contributed by atoms with van der Waals surface area (Å²) in [6.07, 6.45) is 10.3. The fraction of sp³-hybridized carbons (Fsp3) is 0.167. The zero-order chi connectivity index (χ0) is 31.5. The standard InChI is InChI=1S/C42H33NO3/c1-41(2)37-25-27(26-43)13-22-35(37)38-33-11-7-8-12-34(33)40-36(39(38)41)23-24-42(46-40,28-14-18-30(44-3)19-15-28)29-16-20-32(21-17-29)45-31-9-5-4-6-10-31/h4-14,16-18,20-25H,15,19H2,1-3H3. The highest BCUT2D eigenvalue weighted by atomic mass is 16.5. The lowest BCUT2D eigenvalue weighted by molar-refractivity contribution is 0.151. The Bertz CT molecular complexity index is 2160. The lowest BCUT2D eigenvalue weighted by Crippen LogP contribution is -2.36. The molecule has 1 heterocycles. The molecule has 4 heteroatoms. The highest BCUT2D eigenvalue weighted by molar-refractivity contribution is 6.08. The molecule has 2 aliphatic carbocycles. The number of nitriles is 1. The van der Waals surface area contributed by atoms with Crippen LogP contribution < -0.4 is 9.47 Å². The van der Waals surface area contributed by atoms with Crippen molar-refractivity contribution in [3.63, 3.8) is 0 Å². The summed E-state index contributed by atoms with van der Waals surface area (Å²) in [6.45, 7) is 4.52. The Morgan fingerprint density at radius 3 is 2.26 bits per heavy atom. The van der Waals surface area contributed by atoms with Crippen LogP contribution in [0.25, 0.3) is 28.0 Å². The maximum absolute atomic E-state index is 9.73. The van der Waals surface area contributed by atoms with Gasteiger partial charge in [-0.1, -0.05) is 86.7 Å². The van der Waals surface area contributed by atoms with Gasteiger partial charge in [0.05, 0.1) is 24.5 Å². The first-order valence-electron chi connectivity index (χ1n) is 15.7. The van der Waals surface area contributed by atoms with Gasteiger partial charge in [-0.2, -0.15) is 5.26 Å². The van der Waals surface area contributed by atoms with E-state index >= 15 is 0 Å². The van der Waals surface area contributed by atoms with E-state index in [0.29, 0.717) is 5.56 Å². The van der Waals surface area contributed by atoms with Gasteiger partial charge < -0.3 is 14.2 Å². The van der Waals surface area contributed by atoms with Crippen LogP contribution in [0.3, 0.4) is 0 Å². The minimum atomic E-state index is -0.825. The Kier molecular flexibility index (Phi) is 6.41. The van der Waals surface area contributed by atoms with Crippen LogP contribution in [-0.2, 0) is 15.8 Å². The number of fused-ring (bicyclic) bond motifs is 8. The number of allylic oxidation sites excluding steroid dienone is 3. The number of nitrogens with zero attached hydrogens (tertiary/aromatic N) is 1. The van der Waals surface area contributed by atoms with Gasteiger partial charge >= 0.3 is 0 Å². The van der Waals surface area contributed by atoms with E-state index in [1.54, 1.807) is 7.11 Å². The number of para-hydroxylation sites is 1. The Labute approximate surface area is 269 Å². The van der Waals surface area contributed by atoms with Crippen LogP contribution >= 0.6 is 0 Å². The summed E-state index contributed by atoms with van der Waals surface area (Å²) >= 11 is 0. The molecule has 0 N–H and O–H groups in total. The van der Waals surface area contributed by atoms with E-state index < -0.39 is 5.60 Å². The largest absolute Gasteiger partial charge is 0.501 e. The smallest absolute Gasteiger partial charge is 0.174 e. The van der Waals surface area contributed by atoms with E-state index in [1.165, 1.54) is 22.3 Å². The number of methoxy groups -OCH3 is 1. The minimum Gasteiger partial charge on any atom is -0.501 e. The molecule has 8 rings (SSSR count). The van der Waals surface area contributed by atoms with E-state index in [0.717, 1.165) is 63.3 Å². The summed E-state index contributed by atoms with van der Waals surface area (Å²) in [5.74, 6) is 3.41. The van der Waals surface area contributed by atoms with Crippen molar-refractivity contribution in [1.82, 2.24) is 0 Å². The Balaban J connectivity index is 1.32. The number of hydrogen-bond donors (Lipinski definition) is 0. The van der Waals surface area contributed by atoms with Crippen LogP contribution in [0, 0.1) is 11.3 Å². The Morgan fingerprint density at radius 1 is 0.804 bits per heavy atom. The second-order valence-corrected chi connectivity index (χ2v) is 12.7. The highest BCUT2D eigenvalue weighted by Gasteiger charge is 2.45. The molecule has 1 aliphatic heterocycles. The van der Waals surface area contributed by atoms with Crippen LogP contribution in [0.2, 0.25) is 0 Å². The lowest BCUT2D eigenvalue weighted by Gasteiger charge is -2.40. The molecule has 1 unspecified atom stereocenters. The molecule has 0 spiro atoms. The normalized spacial score (nSPS) is 18.7. The summed E-state index contributed by atoms with van der Waals surface area (Å²) in [6, 6.07) is 35.1. The van der Waals surface area contributed by atoms with Crippen LogP contribution in [0.4, 0.5) is 0 Å². The fourth-order valence-corrected chi connectivity index (χ4v) is 7.51. The average molecular weight is 600 g/mol. The van der Waals surface area contributed by atoms with E-state index in [4.69, 9.17) is 14.2 Å². The number of hydrogen-bond acceptors (Lipinski definition) is 4. The topological polar surface area (TPSA) is 51.5 Å². The summed E-state index contributed by atoms with van der Waals surface area (Å²) in [4.78, 5) is 0. The molecule has 0 saturated carbocycles. The molecule has 0 aromatic heterocycles. The number of ether oxygens (including phenoxy) is 3. The molecule has 0 bridgehead atoms. The van der Waals surface area contributed by atoms with Crippen molar-refractivity contribution >= 4 is 16.8 Å². The van der Waals surface area contributed by atoms with Crippen molar-refractivity contribution < 1.29 is 14.2 Å². The van der Waals surface area contributed by atoms with Crippen molar-refractivity contribution in [1.29, 1.82) is 5.26 Å². The zero-order valence-corrected chi connectivity index (χ0v) is 26.1. The predicted molar refractivity (Wildman–Crippen MR) is 183 cm³/mol.